The molecule has 1 aliphatic carbocycles. The first-order valence-corrected chi connectivity index (χ1v) is 9.29. The van der Waals surface area contributed by atoms with E-state index in [0.29, 0.717) is 0 Å². The van der Waals surface area contributed by atoms with Crippen LogP contribution in [-0.4, -0.2) is 48.6 Å². The lowest BCUT2D eigenvalue weighted by molar-refractivity contribution is 0.136. The zero-order chi connectivity index (χ0) is 15.8. The molecule has 0 bridgehead atoms. The van der Waals surface area contributed by atoms with E-state index in [1.54, 1.807) is 5.56 Å². The van der Waals surface area contributed by atoms with Crippen LogP contribution in [0, 0.1) is 0 Å². The van der Waals surface area contributed by atoms with Gasteiger partial charge in [0, 0.05) is 19.1 Å². The minimum atomic E-state index is 0.791. The van der Waals surface area contributed by atoms with E-state index in [1.807, 2.05) is 0 Å². The molecule has 1 aliphatic rings. The SMILES string of the molecule is CCN(CC)CCN(CC)C1CCC(c2ccccc2)CC1. The maximum atomic E-state index is 2.72. The van der Waals surface area contributed by atoms with Gasteiger partial charge in [0.1, 0.15) is 0 Å². The quantitative estimate of drug-likeness (QED) is 0.703. The second-order valence-corrected chi connectivity index (χ2v) is 6.57. The number of hydrogen-bond acceptors (Lipinski definition) is 2. The Balaban J connectivity index is 1.81. The van der Waals surface area contributed by atoms with Crippen molar-refractivity contribution < 1.29 is 0 Å². The number of nitrogens with zero attached hydrogens (tertiary/aromatic N) is 2. The Bertz CT molecular complexity index is 391. The summed E-state index contributed by atoms with van der Waals surface area (Å²) in [7, 11) is 0. The van der Waals surface area contributed by atoms with Crippen molar-refractivity contribution in [2.45, 2.75) is 58.4 Å². The Morgan fingerprint density at radius 1 is 0.818 bits per heavy atom. The van der Waals surface area contributed by atoms with E-state index in [1.165, 1.54) is 58.4 Å². The van der Waals surface area contributed by atoms with Crippen LogP contribution in [0.1, 0.15) is 57.9 Å². The molecule has 1 aromatic carbocycles. The fraction of sp³-hybridized carbons (Fsp3) is 0.700. The smallest absolute Gasteiger partial charge is 0.0112 e. The topological polar surface area (TPSA) is 6.48 Å². The largest absolute Gasteiger partial charge is 0.303 e. The standard InChI is InChI=1S/C20H34N2/c1-4-21(5-2)16-17-22(6-3)20-14-12-19(13-15-20)18-10-8-7-9-11-18/h7-11,19-20H,4-6,12-17H2,1-3H3. The second-order valence-electron chi connectivity index (χ2n) is 6.57. The maximum absolute atomic E-state index is 2.72. The Morgan fingerprint density at radius 3 is 2.00 bits per heavy atom. The highest BCUT2D eigenvalue weighted by molar-refractivity contribution is 5.20. The van der Waals surface area contributed by atoms with Gasteiger partial charge in [0.2, 0.25) is 0 Å². The van der Waals surface area contributed by atoms with Crippen LogP contribution in [0.3, 0.4) is 0 Å². The van der Waals surface area contributed by atoms with E-state index < -0.39 is 0 Å². The first-order chi connectivity index (χ1) is 10.8. The first-order valence-electron chi connectivity index (χ1n) is 9.29. The van der Waals surface area contributed by atoms with Crippen LogP contribution in [-0.2, 0) is 0 Å². The molecule has 0 N–H and O–H groups in total. The van der Waals surface area contributed by atoms with Crippen molar-refractivity contribution in [1.29, 1.82) is 0 Å². The molecule has 0 atom stereocenters. The molecule has 1 aromatic rings. The third-order valence-electron chi connectivity index (χ3n) is 5.49. The highest BCUT2D eigenvalue weighted by Gasteiger charge is 2.25. The van der Waals surface area contributed by atoms with Gasteiger partial charge in [0.05, 0.1) is 0 Å². The van der Waals surface area contributed by atoms with E-state index in [9.17, 15) is 0 Å². The van der Waals surface area contributed by atoms with Crippen molar-refractivity contribution in [2.24, 2.45) is 0 Å². The molecule has 22 heavy (non-hydrogen) atoms. The molecule has 2 rings (SSSR count). The van der Waals surface area contributed by atoms with Crippen LogP contribution in [0.15, 0.2) is 30.3 Å². The van der Waals surface area contributed by atoms with Crippen LogP contribution < -0.4 is 0 Å². The van der Waals surface area contributed by atoms with Crippen LogP contribution in [0.5, 0.6) is 0 Å². The molecule has 0 spiro atoms. The summed E-state index contributed by atoms with van der Waals surface area (Å²) in [6.45, 7) is 12.9. The summed E-state index contributed by atoms with van der Waals surface area (Å²) in [6, 6.07) is 11.9. The van der Waals surface area contributed by atoms with Gasteiger partial charge in [-0.15, -0.1) is 0 Å². The van der Waals surface area contributed by atoms with E-state index >= 15 is 0 Å². The molecular weight excluding hydrogens is 268 g/mol. The van der Waals surface area contributed by atoms with Crippen molar-refractivity contribution in [2.75, 3.05) is 32.7 Å². The van der Waals surface area contributed by atoms with Crippen molar-refractivity contribution in [3.8, 4) is 0 Å². The van der Waals surface area contributed by atoms with Crippen LogP contribution in [0.4, 0.5) is 0 Å². The average Bonchev–Trinajstić information content (AvgIpc) is 2.60. The lowest BCUT2D eigenvalue weighted by atomic mass is 9.81. The van der Waals surface area contributed by atoms with Gasteiger partial charge in [0.25, 0.3) is 0 Å². The average molecular weight is 303 g/mol. The Hall–Kier alpha value is -0.860. The van der Waals surface area contributed by atoms with E-state index in [2.05, 4.69) is 60.9 Å². The molecule has 1 saturated carbocycles. The molecule has 2 heteroatoms. The van der Waals surface area contributed by atoms with Crippen LogP contribution in [0.2, 0.25) is 0 Å². The zero-order valence-electron chi connectivity index (χ0n) is 14.8. The van der Waals surface area contributed by atoms with Gasteiger partial charge in [-0.1, -0.05) is 51.1 Å². The molecular formula is C20H34N2. The molecule has 124 valence electrons. The fourth-order valence-electron chi connectivity index (χ4n) is 3.91. The molecule has 0 aliphatic heterocycles. The maximum Gasteiger partial charge on any atom is 0.0112 e. The molecule has 0 aromatic heterocycles. The van der Waals surface area contributed by atoms with E-state index in [4.69, 9.17) is 0 Å². The molecule has 0 heterocycles. The summed E-state index contributed by atoms with van der Waals surface area (Å²) in [5.41, 5.74) is 1.55. The summed E-state index contributed by atoms with van der Waals surface area (Å²) in [5, 5.41) is 0. The molecule has 0 unspecified atom stereocenters. The zero-order valence-corrected chi connectivity index (χ0v) is 14.8. The van der Waals surface area contributed by atoms with Gasteiger partial charge in [-0.2, -0.15) is 0 Å². The normalized spacial score (nSPS) is 22.4. The third kappa shape index (κ3) is 4.82. The summed E-state index contributed by atoms with van der Waals surface area (Å²) in [4.78, 5) is 5.26. The molecule has 0 saturated heterocycles. The second kappa shape index (κ2) is 9.32. The van der Waals surface area contributed by atoms with Gasteiger partial charge < -0.3 is 4.90 Å². The van der Waals surface area contributed by atoms with Gasteiger partial charge in [-0.05, 0) is 56.8 Å². The van der Waals surface area contributed by atoms with E-state index in [-0.39, 0.29) is 0 Å². The first kappa shape index (κ1) is 17.5. The molecule has 2 nitrogen and oxygen atoms in total. The molecule has 1 fully saturated rings. The van der Waals surface area contributed by atoms with Gasteiger partial charge in [-0.3, -0.25) is 4.90 Å². The van der Waals surface area contributed by atoms with Crippen molar-refractivity contribution >= 4 is 0 Å². The van der Waals surface area contributed by atoms with Crippen LogP contribution in [0.25, 0.3) is 0 Å². The summed E-state index contributed by atoms with van der Waals surface area (Å²) < 4.78 is 0. The summed E-state index contributed by atoms with van der Waals surface area (Å²) in [5.74, 6) is 0.791. The highest BCUT2D eigenvalue weighted by Crippen LogP contribution is 2.34. The molecule has 0 amide bonds. The van der Waals surface area contributed by atoms with Crippen molar-refractivity contribution in [3.63, 3.8) is 0 Å². The third-order valence-corrected chi connectivity index (χ3v) is 5.49. The Labute approximate surface area is 137 Å². The fourth-order valence-corrected chi connectivity index (χ4v) is 3.91. The predicted octanol–water partition coefficient (Wildman–Crippen LogP) is 4.38. The lowest BCUT2D eigenvalue weighted by Gasteiger charge is -2.37. The Kier molecular flexibility index (Phi) is 7.41. The summed E-state index contributed by atoms with van der Waals surface area (Å²) >= 11 is 0. The lowest BCUT2D eigenvalue weighted by Crippen LogP contribution is -2.42. The monoisotopic (exact) mass is 302 g/mol. The van der Waals surface area contributed by atoms with Crippen molar-refractivity contribution in [3.05, 3.63) is 35.9 Å². The van der Waals surface area contributed by atoms with E-state index in [0.717, 1.165) is 12.0 Å². The number of benzene rings is 1. The molecule has 0 radical (unpaired) electrons. The summed E-state index contributed by atoms with van der Waals surface area (Å²) in [6.07, 6.45) is 5.45. The van der Waals surface area contributed by atoms with Gasteiger partial charge >= 0.3 is 0 Å². The number of likely N-dealkylation sites (N-methyl/N-ethyl adjacent to an activating group) is 2. The van der Waals surface area contributed by atoms with Crippen LogP contribution >= 0.6 is 0 Å². The number of hydrogen-bond donors (Lipinski definition) is 0. The minimum absolute atomic E-state index is 0.791. The van der Waals surface area contributed by atoms with Crippen molar-refractivity contribution in [1.82, 2.24) is 9.80 Å². The highest BCUT2D eigenvalue weighted by atomic mass is 15.2. The van der Waals surface area contributed by atoms with Gasteiger partial charge in [-0.25, -0.2) is 0 Å². The number of rotatable bonds is 8. The van der Waals surface area contributed by atoms with Gasteiger partial charge in [0.15, 0.2) is 0 Å². The predicted molar refractivity (Wildman–Crippen MR) is 96.5 cm³/mol. The minimum Gasteiger partial charge on any atom is -0.303 e. The Morgan fingerprint density at radius 2 is 1.45 bits per heavy atom.